The van der Waals surface area contributed by atoms with Gasteiger partial charge in [0.1, 0.15) is 0 Å². The van der Waals surface area contributed by atoms with E-state index in [1.807, 2.05) is 18.2 Å². The third-order valence-corrected chi connectivity index (χ3v) is 2.99. The van der Waals surface area contributed by atoms with E-state index >= 15 is 0 Å². The molecular weight excluding hydrogens is 224 g/mol. The molecular formula is C12H15ClN2O. The third kappa shape index (κ3) is 2.30. The van der Waals surface area contributed by atoms with Crippen molar-refractivity contribution >= 4 is 23.2 Å². The van der Waals surface area contributed by atoms with Crippen LogP contribution in [0.2, 0.25) is 5.02 Å². The van der Waals surface area contributed by atoms with Crippen LogP contribution in [0.15, 0.2) is 18.2 Å². The first-order valence-electron chi connectivity index (χ1n) is 5.39. The molecule has 0 saturated carbocycles. The molecule has 0 bridgehead atoms. The van der Waals surface area contributed by atoms with Crippen LogP contribution < -0.4 is 10.6 Å². The first kappa shape index (κ1) is 11.3. The molecule has 86 valence electrons. The number of carbonyl (C=O) groups is 1. The van der Waals surface area contributed by atoms with Crippen molar-refractivity contribution in [2.45, 2.75) is 32.4 Å². The maximum absolute atomic E-state index is 11.1. The fourth-order valence-electron chi connectivity index (χ4n) is 2.14. The average Bonchev–Trinajstić information content (AvgIpc) is 2.15. The summed E-state index contributed by atoms with van der Waals surface area (Å²) < 4.78 is 0. The number of carbonyl (C=O) groups excluding carboxylic acids is 1. The zero-order valence-electron chi connectivity index (χ0n) is 9.38. The summed E-state index contributed by atoms with van der Waals surface area (Å²) in [7, 11) is 0. The summed E-state index contributed by atoms with van der Waals surface area (Å²) in [5, 5.41) is 7.04. The Balaban J connectivity index is 2.34. The number of amides is 1. The standard InChI is InChI=1S/C12H15ClN2O/c1-7-5-11(15-8(2)16)10-4-3-9(13)6-12(10)14-7/h3-4,6-7,11,14H,5H2,1-2H3,(H,15,16)/t7-,11+/m1/s1. The van der Waals surface area contributed by atoms with Crippen molar-refractivity contribution < 1.29 is 4.79 Å². The molecule has 1 amide bonds. The van der Waals surface area contributed by atoms with Gasteiger partial charge in [-0.15, -0.1) is 0 Å². The second-order valence-corrected chi connectivity index (χ2v) is 4.70. The minimum Gasteiger partial charge on any atom is -0.382 e. The minimum absolute atomic E-state index is 0.000000000000000222. The molecule has 1 aromatic carbocycles. The van der Waals surface area contributed by atoms with Crippen LogP contribution in [0.5, 0.6) is 0 Å². The Morgan fingerprint density at radius 3 is 3.00 bits per heavy atom. The fourth-order valence-corrected chi connectivity index (χ4v) is 2.32. The second kappa shape index (κ2) is 4.34. The highest BCUT2D eigenvalue weighted by molar-refractivity contribution is 6.30. The third-order valence-electron chi connectivity index (χ3n) is 2.76. The van der Waals surface area contributed by atoms with Crippen molar-refractivity contribution in [3.63, 3.8) is 0 Å². The molecule has 0 unspecified atom stereocenters. The molecule has 0 saturated heterocycles. The first-order valence-corrected chi connectivity index (χ1v) is 5.77. The van der Waals surface area contributed by atoms with Gasteiger partial charge in [-0.1, -0.05) is 17.7 Å². The lowest BCUT2D eigenvalue weighted by atomic mass is 9.93. The lowest BCUT2D eigenvalue weighted by molar-refractivity contribution is -0.119. The summed E-state index contributed by atoms with van der Waals surface area (Å²) in [5.74, 6) is 0.000000000000000222. The van der Waals surface area contributed by atoms with E-state index in [-0.39, 0.29) is 11.9 Å². The highest BCUT2D eigenvalue weighted by atomic mass is 35.5. The topological polar surface area (TPSA) is 41.1 Å². The van der Waals surface area contributed by atoms with Gasteiger partial charge in [-0.3, -0.25) is 4.79 Å². The largest absolute Gasteiger partial charge is 0.382 e. The van der Waals surface area contributed by atoms with Gasteiger partial charge in [0, 0.05) is 23.7 Å². The minimum atomic E-state index is 0.000000000000000222. The van der Waals surface area contributed by atoms with E-state index in [1.165, 1.54) is 0 Å². The quantitative estimate of drug-likeness (QED) is 0.790. The average molecular weight is 239 g/mol. The smallest absolute Gasteiger partial charge is 0.217 e. The number of nitrogens with one attached hydrogen (secondary N) is 2. The van der Waals surface area contributed by atoms with Crippen molar-refractivity contribution in [3.05, 3.63) is 28.8 Å². The summed E-state index contributed by atoms with van der Waals surface area (Å²) in [6, 6.07) is 6.15. The van der Waals surface area contributed by atoms with Crippen LogP contribution in [-0.4, -0.2) is 11.9 Å². The molecule has 0 spiro atoms. The zero-order chi connectivity index (χ0) is 11.7. The summed E-state index contributed by atoms with van der Waals surface area (Å²) in [6.07, 6.45) is 0.897. The van der Waals surface area contributed by atoms with Gasteiger partial charge in [0.25, 0.3) is 0 Å². The van der Waals surface area contributed by atoms with Gasteiger partial charge in [-0.2, -0.15) is 0 Å². The second-order valence-electron chi connectivity index (χ2n) is 4.27. The van der Waals surface area contributed by atoms with E-state index in [1.54, 1.807) is 6.92 Å². The van der Waals surface area contributed by atoms with Crippen LogP contribution in [0.3, 0.4) is 0 Å². The Labute approximate surface area is 100 Å². The molecule has 16 heavy (non-hydrogen) atoms. The van der Waals surface area contributed by atoms with Crippen LogP contribution in [-0.2, 0) is 4.79 Å². The summed E-state index contributed by atoms with van der Waals surface area (Å²) in [4.78, 5) is 11.1. The van der Waals surface area contributed by atoms with Crippen LogP contribution in [0, 0.1) is 0 Å². The van der Waals surface area contributed by atoms with Gasteiger partial charge in [0.2, 0.25) is 5.91 Å². The van der Waals surface area contributed by atoms with E-state index in [0.29, 0.717) is 11.1 Å². The maximum Gasteiger partial charge on any atom is 0.217 e. The van der Waals surface area contributed by atoms with Crippen LogP contribution >= 0.6 is 11.6 Å². The molecule has 3 nitrogen and oxygen atoms in total. The van der Waals surface area contributed by atoms with Gasteiger partial charge >= 0.3 is 0 Å². The Kier molecular flexibility index (Phi) is 3.06. The summed E-state index contributed by atoms with van der Waals surface area (Å²) in [5.41, 5.74) is 2.13. The number of benzene rings is 1. The summed E-state index contributed by atoms with van der Waals surface area (Å²) in [6.45, 7) is 3.64. The Hall–Kier alpha value is -1.22. The molecule has 1 aromatic rings. The Morgan fingerprint density at radius 1 is 1.56 bits per heavy atom. The van der Waals surface area contributed by atoms with Gasteiger partial charge < -0.3 is 10.6 Å². The molecule has 2 atom stereocenters. The molecule has 1 aliphatic heterocycles. The van der Waals surface area contributed by atoms with Crippen molar-refractivity contribution in [1.29, 1.82) is 0 Å². The van der Waals surface area contributed by atoms with E-state index in [2.05, 4.69) is 17.6 Å². The Morgan fingerprint density at radius 2 is 2.31 bits per heavy atom. The molecule has 0 aliphatic carbocycles. The van der Waals surface area contributed by atoms with Gasteiger partial charge in [-0.25, -0.2) is 0 Å². The van der Waals surface area contributed by atoms with Crippen LogP contribution in [0.1, 0.15) is 31.9 Å². The number of hydrogen-bond donors (Lipinski definition) is 2. The maximum atomic E-state index is 11.1. The highest BCUT2D eigenvalue weighted by Crippen LogP contribution is 2.34. The molecule has 0 fully saturated rings. The molecule has 4 heteroatoms. The number of hydrogen-bond acceptors (Lipinski definition) is 2. The van der Waals surface area contributed by atoms with E-state index < -0.39 is 0 Å². The SMILES string of the molecule is CC(=O)N[C@H]1C[C@@H](C)Nc2cc(Cl)ccc21. The molecule has 2 rings (SSSR count). The van der Waals surface area contributed by atoms with Crippen LogP contribution in [0.25, 0.3) is 0 Å². The van der Waals surface area contributed by atoms with Crippen molar-refractivity contribution in [2.75, 3.05) is 5.32 Å². The van der Waals surface area contributed by atoms with Gasteiger partial charge in [0.05, 0.1) is 6.04 Å². The van der Waals surface area contributed by atoms with E-state index in [9.17, 15) is 4.79 Å². The predicted molar refractivity (Wildman–Crippen MR) is 65.7 cm³/mol. The lowest BCUT2D eigenvalue weighted by Crippen LogP contribution is -2.35. The van der Waals surface area contributed by atoms with Crippen LogP contribution in [0.4, 0.5) is 5.69 Å². The van der Waals surface area contributed by atoms with Crippen molar-refractivity contribution in [1.82, 2.24) is 5.32 Å². The number of fused-ring (bicyclic) bond motifs is 1. The number of anilines is 1. The lowest BCUT2D eigenvalue weighted by Gasteiger charge is -2.31. The zero-order valence-corrected chi connectivity index (χ0v) is 10.1. The van der Waals surface area contributed by atoms with Crippen molar-refractivity contribution in [3.8, 4) is 0 Å². The van der Waals surface area contributed by atoms with E-state index in [0.717, 1.165) is 17.7 Å². The number of halogens is 1. The van der Waals surface area contributed by atoms with Gasteiger partial charge in [0.15, 0.2) is 0 Å². The molecule has 2 N–H and O–H groups in total. The summed E-state index contributed by atoms with van der Waals surface area (Å²) >= 11 is 5.95. The normalized spacial score (nSPS) is 23.2. The highest BCUT2D eigenvalue weighted by Gasteiger charge is 2.24. The fraction of sp³-hybridized carbons (Fsp3) is 0.417. The predicted octanol–water partition coefficient (Wildman–Crippen LogP) is 2.72. The van der Waals surface area contributed by atoms with Crippen molar-refractivity contribution in [2.24, 2.45) is 0 Å². The molecule has 1 heterocycles. The molecule has 0 aromatic heterocycles. The Bertz CT molecular complexity index is 419. The monoisotopic (exact) mass is 238 g/mol. The molecule has 0 radical (unpaired) electrons. The molecule has 1 aliphatic rings. The van der Waals surface area contributed by atoms with Gasteiger partial charge in [-0.05, 0) is 31.0 Å². The van der Waals surface area contributed by atoms with E-state index in [4.69, 9.17) is 11.6 Å². The first-order chi connectivity index (χ1) is 7.56. The number of rotatable bonds is 1.